The van der Waals surface area contributed by atoms with E-state index in [0.29, 0.717) is 0 Å². The third-order valence-electron chi connectivity index (χ3n) is 2.39. The number of phenols is 1. The van der Waals surface area contributed by atoms with Crippen molar-refractivity contribution in [2.24, 2.45) is 0 Å². The van der Waals surface area contributed by atoms with Crippen LogP contribution < -0.4 is 5.32 Å². The lowest BCUT2D eigenvalue weighted by Crippen LogP contribution is -2.30. The summed E-state index contributed by atoms with van der Waals surface area (Å²) in [6.07, 6.45) is 0. The minimum absolute atomic E-state index is 0.0245. The molecule has 1 aliphatic rings. The summed E-state index contributed by atoms with van der Waals surface area (Å²) < 4.78 is 0. The van der Waals surface area contributed by atoms with Gasteiger partial charge >= 0.3 is 6.03 Å². The van der Waals surface area contributed by atoms with Crippen molar-refractivity contribution >= 4 is 17.8 Å². The van der Waals surface area contributed by atoms with E-state index in [9.17, 15) is 9.90 Å². The lowest BCUT2D eigenvalue weighted by Gasteiger charge is -2.13. The molecule has 2 amide bonds. The molecule has 0 saturated carbocycles. The van der Waals surface area contributed by atoms with E-state index in [-0.39, 0.29) is 11.8 Å². The highest BCUT2D eigenvalue weighted by atomic mass is 32.2. The molecule has 2 rings (SSSR count). The molecule has 1 aliphatic heterocycles. The number of amides is 2. The van der Waals surface area contributed by atoms with Crippen molar-refractivity contribution < 1.29 is 9.90 Å². The molecule has 16 heavy (non-hydrogen) atoms. The van der Waals surface area contributed by atoms with Crippen LogP contribution in [0.4, 0.5) is 4.79 Å². The van der Waals surface area contributed by atoms with Gasteiger partial charge in [-0.2, -0.15) is 0 Å². The first kappa shape index (κ1) is 11.1. The van der Waals surface area contributed by atoms with E-state index >= 15 is 0 Å². The van der Waals surface area contributed by atoms with Gasteiger partial charge < -0.3 is 15.3 Å². The second-order valence-electron chi connectivity index (χ2n) is 3.56. The van der Waals surface area contributed by atoms with Crippen molar-refractivity contribution in [3.63, 3.8) is 0 Å². The largest absolute Gasteiger partial charge is 0.508 e. The summed E-state index contributed by atoms with van der Waals surface area (Å²) in [4.78, 5) is 14.1. The molecule has 0 atom stereocenters. The zero-order valence-electron chi connectivity index (χ0n) is 8.85. The molecule has 0 bridgehead atoms. The van der Waals surface area contributed by atoms with Crippen LogP contribution in [0.3, 0.4) is 0 Å². The second-order valence-corrected chi connectivity index (χ2v) is 4.73. The summed E-state index contributed by atoms with van der Waals surface area (Å²) in [5, 5.41) is 12.0. The van der Waals surface area contributed by atoms with Crippen molar-refractivity contribution in [3.05, 3.63) is 24.3 Å². The summed E-state index contributed by atoms with van der Waals surface area (Å²) in [6, 6.07) is 7.18. The molecule has 4 nitrogen and oxygen atoms in total. The van der Waals surface area contributed by atoms with Crippen LogP contribution in [0.2, 0.25) is 0 Å². The molecule has 0 unspecified atom stereocenters. The molecule has 0 aliphatic carbocycles. The number of benzene rings is 1. The predicted molar refractivity (Wildman–Crippen MR) is 63.8 cm³/mol. The molecule has 5 heteroatoms. The fourth-order valence-corrected chi connectivity index (χ4v) is 2.50. The number of carbonyl (C=O) groups excluding carboxylic acids is 1. The zero-order valence-corrected chi connectivity index (χ0v) is 9.67. The van der Waals surface area contributed by atoms with Gasteiger partial charge in [0, 0.05) is 30.3 Å². The highest BCUT2D eigenvalue weighted by Gasteiger charge is 2.18. The molecule has 0 aromatic heterocycles. The van der Waals surface area contributed by atoms with Crippen LogP contribution in [0.1, 0.15) is 0 Å². The molecule has 0 radical (unpaired) electrons. The van der Waals surface area contributed by atoms with Crippen LogP contribution >= 0.6 is 11.8 Å². The normalized spacial score (nSPS) is 15.2. The van der Waals surface area contributed by atoms with Crippen molar-refractivity contribution in [1.29, 1.82) is 0 Å². The van der Waals surface area contributed by atoms with Gasteiger partial charge in [0.25, 0.3) is 0 Å². The number of hydrogen-bond donors (Lipinski definition) is 2. The summed E-state index contributed by atoms with van der Waals surface area (Å²) in [7, 11) is 0. The number of hydrogen-bond acceptors (Lipinski definition) is 3. The van der Waals surface area contributed by atoms with Gasteiger partial charge in [0.05, 0.1) is 0 Å². The maximum Gasteiger partial charge on any atom is 0.317 e. The van der Waals surface area contributed by atoms with Gasteiger partial charge in [0.1, 0.15) is 5.75 Å². The van der Waals surface area contributed by atoms with Gasteiger partial charge in [0.15, 0.2) is 0 Å². The maximum atomic E-state index is 11.2. The third kappa shape index (κ3) is 2.82. The SMILES string of the molecule is O=C1NCCN1CCSc1cccc(O)c1. The van der Waals surface area contributed by atoms with Gasteiger partial charge in [-0.15, -0.1) is 11.8 Å². The molecule has 1 fully saturated rings. The van der Waals surface area contributed by atoms with Crippen LogP contribution in [0, 0.1) is 0 Å². The molecule has 1 heterocycles. The standard InChI is InChI=1S/C11H14N2O2S/c14-9-2-1-3-10(8-9)16-7-6-13-5-4-12-11(13)15/h1-3,8,14H,4-7H2,(H,12,15). The van der Waals surface area contributed by atoms with E-state index in [4.69, 9.17) is 0 Å². The van der Waals surface area contributed by atoms with Crippen LogP contribution in [0.25, 0.3) is 0 Å². The van der Waals surface area contributed by atoms with Crippen molar-refractivity contribution in [3.8, 4) is 5.75 Å². The summed E-state index contributed by atoms with van der Waals surface area (Å²) in [6.45, 7) is 2.28. The van der Waals surface area contributed by atoms with Gasteiger partial charge in [0.2, 0.25) is 0 Å². The predicted octanol–water partition coefficient (Wildman–Crippen LogP) is 1.51. The minimum Gasteiger partial charge on any atom is -0.508 e. The molecular formula is C11H14N2O2S. The van der Waals surface area contributed by atoms with Gasteiger partial charge in [-0.05, 0) is 18.2 Å². The monoisotopic (exact) mass is 238 g/mol. The summed E-state index contributed by atoms with van der Waals surface area (Å²) >= 11 is 1.64. The Labute approximate surface area is 98.6 Å². The fraction of sp³-hybridized carbons (Fsp3) is 0.364. The lowest BCUT2D eigenvalue weighted by molar-refractivity contribution is 0.220. The van der Waals surface area contributed by atoms with Gasteiger partial charge in [-0.25, -0.2) is 4.79 Å². The van der Waals surface area contributed by atoms with E-state index in [1.54, 1.807) is 28.8 Å². The number of urea groups is 1. The van der Waals surface area contributed by atoms with E-state index in [2.05, 4.69) is 5.32 Å². The first-order valence-corrected chi connectivity index (χ1v) is 6.19. The highest BCUT2D eigenvalue weighted by Crippen LogP contribution is 2.22. The first-order valence-electron chi connectivity index (χ1n) is 5.20. The average molecular weight is 238 g/mol. The Balaban J connectivity index is 1.77. The van der Waals surface area contributed by atoms with Crippen LogP contribution in [-0.2, 0) is 0 Å². The number of carbonyl (C=O) groups is 1. The molecule has 2 N–H and O–H groups in total. The van der Waals surface area contributed by atoms with Crippen LogP contribution in [0.15, 0.2) is 29.2 Å². The van der Waals surface area contributed by atoms with E-state index < -0.39 is 0 Å². The minimum atomic E-state index is 0.0245. The Hall–Kier alpha value is -1.36. The molecule has 1 aromatic carbocycles. The topological polar surface area (TPSA) is 52.6 Å². The Kier molecular flexibility index (Phi) is 3.56. The third-order valence-corrected chi connectivity index (χ3v) is 3.37. The number of thioether (sulfide) groups is 1. The van der Waals surface area contributed by atoms with E-state index in [0.717, 1.165) is 30.3 Å². The Morgan fingerprint density at radius 1 is 1.50 bits per heavy atom. The molecule has 1 aromatic rings. The van der Waals surface area contributed by atoms with E-state index in [1.165, 1.54) is 0 Å². The van der Waals surface area contributed by atoms with Crippen molar-refractivity contribution in [2.45, 2.75) is 4.90 Å². The number of phenolic OH excluding ortho intramolecular Hbond substituents is 1. The number of rotatable bonds is 4. The Morgan fingerprint density at radius 3 is 3.06 bits per heavy atom. The molecule has 86 valence electrons. The molecule has 0 spiro atoms. The first-order chi connectivity index (χ1) is 7.75. The average Bonchev–Trinajstić information content (AvgIpc) is 2.65. The Morgan fingerprint density at radius 2 is 2.38 bits per heavy atom. The smallest absolute Gasteiger partial charge is 0.317 e. The van der Waals surface area contributed by atoms with Gasteiger partial charge in [-0.3, -0.25) is 0 Å². The van der Waals surface area contributed by atoms with Crippen LogP contribution in [0.5, 0.6) is 5.75 Å². The van der Waals surface area contributed by atoms with Gasteiger partial charge in [-0.1, -0.05) is 6.07 Å². The second kappa shape index (κ2) is 5.12. The summed E-state index contributed by atoms with van der Waals surface area (Å²) in [5.74, 6) is 1.13. The molecular weight excluding hydrogens is 224 g/mol. The number of nitrogens with one attached hydrogen (secondary N) is 1. The highest BCUT2D eigenvalue weighted by molar-refractivity contribution is 7.99. The Bertz CT molecular complexity index is 384. The maximum absolute atomic E-state index is 11.2. The van der Waals surface area contributed by atoms with E-state index in [1.807, 2.05) is 12.1 Å². The fourth-order valence-electron chi connectivity index (χ4n) is 1.57. The molecule has 1 saturated heterocycles. The summed E-state index contributed by atoms with van der Waals surface area (Å²) in [5.41, 5.74) is 0. The van der Waals surface area contributed by atoms with Crippen molar-refractivity contribution in [2.75, 3.05) is 25.4 Å². The lowest BCUT2D eigenvalue weighted by atomic mass is 10.3. The number of nitrogens with zero attached hydrogens (tertiary/aromatic N) is 1. The quantitative estimate of drug-likeness (QED) is 0.782. The zero-order chi connectivity index (χ0) is 11.4. The van der Waals surface area contributed by atoms with Crippen LogP contribution in [-0.4, -0.2) is 41.4 Å². The van der Waals surface area contributed by atoms with Crippen molar-refractivity contribution in [1.82, 2.24) is 10.2 Å². The number of aromatic hydroxyl groups is 1.